The molecule has 0 bridgehead atoms. The number of benzene rings is 2. The van der Waals surface area contributed by atoms with Crippen LogP contribution in [0.25, 0.3) is 0 Å². The van der Waals surface area contributed by atoms with Gasteiger partial charge in [0, 0.05) is 16.8 Å². The van der Waals surface area contributed by atoms with Crippen molar-refractivity contribution in [1.82, 2.24) is 0 Å². The van der Waals surface area contributed by atoms with Crippen LogP contribution < -0.4 is 20.1 Å². The third kappa shape index (κ3) is 4.46. The summed E-state index contributed by atoms with van der Waals surface area (Å²) in [4.78, 5) is 12.1. The van der Waals surface area contributed by atoms with Gasteiger partial charge < -0.3 is 20.1 Å². The largest absolute Gasteiger partial charge is 0.495 e. The average Bonchev–Trinajstić information content (AvgIpc) is 2.56. The Hall–Kier alpha value is -2.11. The third-order valence-corrected chi connectivity index (χ3v) is 4.06. The van der Waals surface area contributed by atoms with Crippen molar-refractivity contribution in [3.8, 4) is 11.5 Å². The number of carbonyl (C=O) groups excluding carboxylic acids is 1. The Balaban J connectivity index is 2.01. The normalized spacial score (nSPS) is 10.2. The monoisotopic (exact) mass is 368 g/mol. The molecule has 0 aromatic heterocycles. The molecule has 2 rings (SSSR count). The van der Waals surface area contributed by atoms with Gasteiger partial charge in [0.1, 0.15) is 11.5 Å². The Morgan fingerprint density at radius 2 is 1.75 bits per heavy atom. The van der Waals surface area contributed by atoms with Gasteiger partial charge in [0.05, 0.1) is 31.5 Å². The summed E-state index contributed by atoms with van der Waals surface area (Å²) in [5.74, 6) is 0.862. The number of amides is 1. The number of halogens is 2. The minimum absolute atomic E-state index is 0.0769. The maximum atomic E-state index is 12.1. The molecule has 0 saturated carbocycles. The Morgan fingerprint density at radius 3 is 2.38 bits per heavy atom. The molecule has 5 nitrogen and oxygen atoms in total. The summed E-state index contributed by atoms with van der Waals surface area (Å²) in [6.45, 7) is 1.93. The highest BCUT2D eigenvalue weighted by Gasteiger charge is 2.10. The molecule has 0 aliphatic carbocycles. The molecule has 2 aromatic rings. The van der Waals surface area contributed by atoms with E-state index < -0.39 is 0 Å². The van der Waals surface area contributed by atoms with Crippen LogP contribution in [0.5, 0.6) is 11.5 Å². The van der Waals surface area contributed by atoms with Crippen molar-refractivity contribution in [3.05, 3.63) is 45.9 Å². The molecule has 0 heterocycles. The molecule has 1 amide bonds. The molecule has 0 saturated heterocycles. The summed E-state index contributed by atoms with van der Waals surface area (Å²) < 4.78 is 10.3. The number of anilines is 2. The molecule has 0 fully saturated rings. The number of methoxy groups -OCH3 is 2. The van der Waals surface area contributed by atoms with Crippen molar-refractivity contribution >= 4 is 40.5 Å². The molecular formula is C17H18Cl2N2O3. The first-order valence-corrected chi connectivity index (χ1v) is 7.91. The molecule has 2 N–H and O–H groups in total. The molecule has 0 aliphatic rings. The van der Waals surface area contributed by atoms with E-state index >= 15 is 0 Å². The molecule has 24 heavy (non-hydrogen) atoms. The van der Waals surface area contributed by atoms with Gasteiger partial charge in [-0.05, 0) is 36.8 Å². The molecular weight excluding hydrogens is 351 g/mol. The van der Waals surface area contributed by atoms with Crippen LogP contribution >= 0.6 is 23.2 Å². The van der Waals surface area contributed by atoms with Gasteiger partial charge in [0.15, 0.2) is 0 Å². The summed E-state index contributed by atoms with van der Waals surface area (Å²) in [7, 11) is 3.07. The van der Waals surface area contributed by atoms with Gasteiger partial charge in [0.25, 0.3) is 0 Å². The molecule has 0 spiro atoms. The number of hydrogen-bond donors (Lipinski definition) is 2. The number of nitrogens with one attached hydrogen (secondary N) is 2. The molecule has 2 aromatic carbocycles. The predicted octanol–water partition coefficient (Wildman–Crippen LogP) is 4.37. The fraction of sp³-hybridized carbons (Fsp3) is 0.235. The molecule has 0 radical (unpaired) electrons. The highest BCUT2D eigenvalue weighted by Crippen LogP contribution is 2.31. The fourth-order valence-corrected chi connectivity index (χ4v) is 2.49. The Bertz CT molecular complexity index is 751. The van der Waals surface area contributed by atoms with Crippen molar-refractivity contribution in [1.29, 1.82) is 0 Å². The van der Waals surface area contributed by atoms with Crippen LogP contribution in [-0.2, 0) is 4.79 Å². The van der Waals surface area contributed by atoms with Crippen LogP contribution in [0.3, 0.4) is 0 Å². The lowest BCUT2D eigenvalue weighted by atomic mass is 10.2. The number of rotatable bonds is 6. The predicted molar refractivity (Wildman–Crippen MR) is 97.9 cm³/mol. The maximum absolute atomic E-state index is 12.1. The van der Waals surface area contributed by atoms with E-state index in [4.69, 9.17) is 32.7 Å². The number of hydrogen-bond acceptors (Lipinski definition) is 4. The zero-order valence-corrected chi connectivity index (χ0v) is 15.1. The zero-order valence-electron chi connectivity index (χ0n) is 13.6. The second kappa shape index (κ2) is 8.13. The number of aryl methyl sites for hydroxylation is 1. The summed E-state index contributed by atoms with van der Waals surface area (Å²) in [6, 6.07) is 8.65. The summed E-state index contributed by atoms with van der Waals surface area (Å²) in [6.07, 6.45) is 0. The highest BCUT2D eigenvalue weighted by molar-refractivity contribution is 6.32. The van der Waals surface area contributed by atoms with Crippen molar-refractivity contribution in [2.45, 2.75) is 6.92 Å². The molecule has 7 heteroatoms. The summed E-state index contributed by atoms with van der Waals surface area (Å²) in [5, 5.41) is 6.85. The lowest BCUT2D eigenvalue weighted by molar-refractivity contribution is -0.114. The van der Waals surface area contributed by atoms with Crippen LogP contribution in [0.2, 0.25) is 10.0 Å². The standard InChI is InChI=1S/C17H18Cl2N2O3/c1-10-6-14(16(24-3)8-12(10)18)21-17(22)9-20-11-4-5-15(23-2)13(19)7-11/h4-8,20H,9H2,1-3H3,(H,21,22). The molecule has 0 aliphatic heterocycles. The van der Waals surface area contributed by atoms with E-state index in [0.29, 0.717) is 27.2 Å². The van der Waals surface area contributed by atoms with Gasteiger partial charge in [-0.2, -0.15) is 0 Å². The second-order valence-corrected chi connectivity index (χ2v) is 5.87. The fourth-order valence-electron chi connectivity index (χ4n) is 2.08. The lowest BCUT2D eigenvalue weighted by Crippen LogP contribution is -2.22. The van der Waals surface area contributed by atoms with Crippen LogP contribution in [0.15, 0.2) is 30.3 Å². The Labute approximate surface area is 150 Å². The first-order chi connectivity index (χ1) is 11.4. The summed E-state index contributed by atoms with van der Waals surface area (Å²) >= 11 is 12.1. The Kier molecular flexibility index (Phi) is 6.17. The second-order valence-electron chi connectivity index (χ2n) is 5.05. The van der Waals surface area contributed by atoms with E-state index in [2.05, 4.69) is 10.6 Å². The van der Waals surface area contributed by atoms with Crippen LogP contribution in [0, 0.1) is 6.92 Å². The van der Waals surface area contributed by atoms with Gasteiger partial charge in [-0.25, -0.2) is 0 Å². The van der Waals surface area contributed by atoms with Gasteiger partial charge >= 0.3 is 0 Å². The van der Waals surface area contributed by atoms with Gasteiger partial charge in [-0.15, -0.1) is 0 Å². The van der Waals surface area contributed by atoms with E-state index in [1.165, 1.54) is 7.11 Å². The van der Waals surface area contributed by atoms with Crippen LogP contribution in [-0.4, -0.2) is 26.7 Å². The van der Waals surface area contributed by atoms with Crippen molar-refractivity contribution in [3.63, 3.8) is 0 Å². The van der Waals surface area contributed by atoms with Gasteiger partial charge in [-0.1, -0.05) is 23.2 Å². The van der Waals surface area contributed by atoms with Gasteiger partial charge in [-0.3, -0.25) is 4.79 Å². The first-order valence-electron chi connectivity index (χ1n) is 7.16. The molecule has 0 atom stereocenters. The maximum Gasteiger partial charge on any atom is 0.243 e. The van der Waals surface area contributed by atoms with Crippen molar-refractivity contribution in [2.24, 2.45) is 0 Å². The quantitative estimate of drug-likeness (QED) is 0.794. The molecule has 128 valence electrons. The zero-order chi connectivity index (χ0) is 17.7. The van der Waals surface area contributed by atoms with Crippen LogP contribution in [0.4, 0.5) is 11.4 Å². The van der Waals surface area contributed by atoms with Crippen molar-refractivity contribution < 1.29 is 14.3 Å². The SMILES string of the molecule is COc1ccc(NCC(=O)Nc2cc(C)c(Cl)cc2OC)cc1Cl. The molecule has 0 unspecified atom stereocenters. The Morgan fingerprint density at radius 1 is 1.04 bits per heavy atom. The van der Waals surface area contributed by atoms with E-state index in [-0.39, 0.29) is 12.5 Å². The van der Waals surface area contributed by atoms with Crippen LogP contribution in [0.1, 0.15) is 5.56 Å². The minimum atomic E-state index is -0.220. The topological polar surface area (TPSA) is 59.6 Å². The minimum Gasteiger partial charge on any atom is -0.495 e. The average molecular weight is 369 g/mol. The highest BCUT2D eigenvalue weighted by atomic mass is 35.5. The summed E-state index contributed by atoms with van der Waals surface area (Å²) in [5.41, 5.74) is 2.14. The van der Waals surface area contributed by atoms with E-state index in [1.54, 1.807) is 37.4 Å². The third-order valence-electron chi connectivity index (χ3n) is 3.36. The van der Waals surface area contributed by atoms with E-state index in [1.807, 2.05) is 6.92 Å². The lowest BCUT2D eigenvalue weighted by Gasteiger charge is -2.13. The number of ether oxygens (including phenoxy) is 2. The van der Waals surface area contributed by atoms with Crippen molar-refractivity contribution in [2.75, 3.05) is 31.4 Å². The first kappa shape index (κ1) is 18.2. The van der Waals surface area contributed by atoms with Gasteiger partial charge in [0.2, 0.25) is 5.91 Å². The van der Waals surface area contributed by atoms with E-state index in [9.17, 15) is 4.79 Å². The smallest absolute Gasteiger partial charge is 0.243 e. The number of carbonyl (C=O) groups is 1. The van der Waals surface area contributed by atoms with E-state index in [0.717, 1.165) is 11.3 Å².